The summed E-state index contributed by atoms with van der Waals surface area (Å²) in [5.41, 5.74) is 1.25. The Morgan fingerprint density at radius 3 is 2.88 bits per heavy atom. The molecule has 1 fully saturated rings. The van der Waals surface area contributed by atoms with E-state index in [1.54, 1.807) is 0 Å². The van der Waals surface area contributed by atoms with Gasteiger partial charge in [0.15, 0.2) is 0 Å². The maximum Gasteiger partial charge on any atom is 0.106 e. The van der Waals surface area contributed by atoms with Crippen molar-refractivity contribution in [3.63, 3.8) is 0 Å². The lowest BCUT2D eigenvalue weighted by Gasteiger charge is -2.26. The highest BCUT2D eigenvalue weighted by atomic mass is 15.2. The first-order chi connectivity index (χ1) is 7.88. The number of nitrogens with one attached hydrogen (secondary N) is 2. The van der Waals surface area contributed by atoms with Crippen molar-refractivity contribution in [1.82, 2.24) is 20.2 Å². The van der Waals surface area contributed by atoms with Gasteiger partial charge in [0.2, 0.25) is 0 Å². The molecule has 0 atom stereocenters. The van der Waals surface area contributed by atoms with Crippen LogP contribution < -0.4 is 5.32 Å². The molecule has 1 aliphatic heterocycles. The van der Waals surface area contributed by atoms with Crippen molar-refractivity contribution in [3.05, 3.63) is 17.7 Å². The van der Waals surface area contributed by atoms with Crippen molar-refractivity contribution >= 4 is 0 Å². The van der Waals surface area contributed by atoms with E-state index in [9.17, 15) is 0 Å². The topological polar surface area (TPSA) is 44.0 Å². The number of rotatable bonds is 5. The highest BCUT2D eigenvalue weighted by Gasteiger charge is 2.08. The molecule has 4 nitrogen and oxygen atoms in total. The Hall–Kier alpha value is -0.870. The molecule has 0 saturated carbocycles. The van der Waals surface area contributed by atoms with Gasteiger partial charge in [0.05, 0.1) is 0 Å². The lowest BCUT2D eigenvalue weighted by atomic mass is 10.2. The summed E-state index contributed by atoms with van der Waals surface area (Å²) in [5.74, 6) is 1.15. The van der Waals surface area contributed by atoms with Gasteiger partial charge >= 0.3 is 0 Å². The molecular weight excluding hydrogens is 200 g/mol. The third-order valence-electron chi connectivity index (χ3n) is 3.16. The average Bonchev–Trinajstić information content (AvgIpc) is 2.78. The van der Waals surface area contributed by atoms with E-state index in [0.717, 1.165) is 31.8 Å². The van der Waals surface area contributed by atoms with Crippen LogP contribution in [0.3, 0.4) is 0 Å². The summed E-state index contributed by atoms with van der Waals surface area (Å²) >= 11 is 0. The first-order valence-electron chi connectivity index (χ1n) is 6.34. The van der Waals surface area contributed by atoms with Crippen molar-refractivity contribution < 1.29 is 0 Å². The van der Waals surface area contributed by atoms with Crippen LogP contribution in [0, 0.1) is 0 Å². The molecular formula is C12H22N4. The predicted molar refractivity (Wildman–Crippen MR) is 65.6 cm³/mol. The molecule has 0 aromatic carbocycles. The summed E-state index contributed by atoms with van der Waals surface area (Å²) in [6, 6.07) is 0. The zero-order valence-corrected chi connectivity index (χ0v) is 10.1. The molecule has 0 spiro atoms. The van der Waals surface area contributed by atoms with E-state index < -0.39 is 0 Å². The number of aryl methyl sites for hydroxylation is 2. The fourth-order valence-corrected chi connectivity index (χ4v) is 2.12. The molecule has 2 heterocycles. The molecule has 4 heteroatoms. The number of nitrogens with zero attached hydrogens (tertiary/aromatic N) is 2. The van der Waals surface area contributed by atoms with Crippen LogP contribution in [0.25, 0.3) is 0 Å². The maximum absolute atomic E-state index is 4.38. The van der Waals surface area contributed by atoms with Gasteiger partial charge in [0, 0.05) is 44.5 Å². The Balaban J connectivity index is 1.66. The van der Waals surface area contributed by atoms with E-state index in [0.29, 0.717) is 0 Å². The third-order valence-corrected chi connectivity index (χ3v) is 3.16. The molecule has 1 aliphatic rings. The monoisotopic (exact) mass is 222 g/mol. The largest absolute Gasteiger partial charge is 0.346 e. The zero-order valence-electron chi connectivity index (χ0n) is 10.1. The first kappa shape index (κ1) is 11.6. The molecule has 1 aromatic heterocycles. The van der Waals surface area contributed by atoms with Gasteiger partial charge in [-0.3, -0.25) is 0 Å². The van der Waals surface area contributed by atoms with Crippen LogP contribution in [0.15, 0.2) is 6.20 Å². The van der Waals surface area contributed by atoms with E-state index >= 15 is 0 Å². The Bertz CT molecular complexity index is 302. The Labute approximate surface area is 97.4 Å². The molecule has 16 heavy (non-hydrogen) atoms. The highest BCUT2D eigenvalue weighted by Crippen LogP contribution is 2.02. The number of hydrogen-bond acceptors (Lipinski definition) is 3. The summed E-state index contributed by atoms with van der Waals surface area (Å²) in [4.78, 5) is 10.3. The van der Waals surface area contributed by atoms with Crippen LogP contribution in [0.4, 0.5) is 0 Å². The molecule has 0 unspecified atom stereocenters. The van der Waals surface area contributed by atoms with Gasteiger partial charge in [-0.25, -0.2) is 4.98 Å². The smallest absolute Gasteiger partial charge is 0.106 e. The quantitative estimate of drug-likeness (QED) is 0.775. The second-order valence-electron chi connectivity index (χ2n) is 4.40. The summed E-state index contributed by atoms with van der Waals surface area (Å²) < 4.78 is 0. The summed E-state index contributed by atoms with van der Waals surface area (Å²) in [5, 5.41) is 3.37. The fourth-order valence-electron chi connectivity index (χ4n) is 2.12. The summed E-state index contributed by atoms with van der Waals surface area (Å²) in [7, 11) is 0. The van der Waals surface area contributed by atoms with Gasteiger partial charge < -0.3 is 15.2 Å². The first-order valence-corrected chi connectivity index (χ1v) is 6.34. The lowest BCUT2D eigenvalue weighted by molar-refractivity contribution is 0.238. The van der Waals surface area contributed by atoms with Crippen LogP contribution in [0.2, 0.25) is 0 Å². The lowest BCUT2D eigenvalue weighted by Crippen LogP contribution is -2.43. The molecule has 90 valence electrons. The van der Waals surface area contributed by atoms with Gasteiger partial charge in [-0.2, -0.15) is 0 Å². The minimum absolute atomic E-state index is 1.05. The number of aromatic nitrogens is 2. The molecule has 1 saturated heterocycles. The normalized spacial score (nSPS) is 17.8. The van der Waals surface area contributed by atoms with Crippen molar-refractivity contribution in [2.75, 3.05) is 32.7 Å². The third kappa shape index (κ3) is 3.32. The average molecular weight is 222 g/mol. The molecule has 0 bridgehead atoms. The van der Waals surface area contributed by atoms with Crippen molar-refractivity contribution in [3.8, 4) is 0 Å². The van der Waals surface area contributed by atoms with Crippen LogP contribution in [-0.2, 0) is 12.8 Å². The Kier molecular flexibility index (Phi) is 4.36. The van der Waals surface area contributed by atoms with Crippen LogP contribution in [0.1, 0.15) is 24.9 Å². The fraction of sp³-hybridized carbons (Fsp3) is 0.750. The minimum Gasteiger partial charge on any atom is -0.346 e. The van der Waals surface area contributed by atoms with Crippen molar-refractivity contribution in [1.29, 1.82) is 0 Å². The zero-order chi connectivity index (χ0) is 11.2. The van der Waals surface area contributed by atoms with Gasteiger partial charge in [0.1, 0.15) is 5.82 Å². The number of aromatic amines is 1. The van der Waals surface area contributed by atoms with E-state index in [2.05, 4.69) is 27.1 Å². The number of imidazole rings is 1. The van der Waals surface area contributed by atoms with Crippen LogP contribution in [0.5, 0.6) is 0 Å². The molecule has 2 N–H and O–H groups in total. The van der Waals surface area contributed by atoms with E-state index in [4.69, 9.17) is 0 Å². The van der Waals surface area contributed by atoms with Crippen LogP contribution in [-0.4, -0.2) is 47.6 Å². The molecule has 0 aliphatic carbocycles. The highest BCUT2D eigenvalue weighted by molar-refractivity contribution is 5.00. The molecule has 0 radical (unpaired) electrons. The summed E-state index contributed by atoms with van der Waals surface area (Å²) in [6.07, 6.45) is 5.28. The van der Waals surface area contributed by atoms with Crippen LogP contribution >= 0.6 is 0 Å². The Morgan fingerprint density at radius 2 is 2.19 bits per heavy atom. The van der Waals surface area contributed by atoms with E-state index in [-0.39, 0.29) is 0 Å². The maximum atomic E-state index is 4.38. The van der Waals surface area contributed by atoms with E-state index in [1.807, 2.05) is 6.20 Å². The predicted octanol–water partition coefficient (Wildman–Crippen LogP) is 0.810. The summed E-state index contributed by atoms with van der Waals surface area (Å²) in [6.45, 7) is 8.01. The van der Waals surface area contributed by atoms with Gasteiger partial charge in [-0.1, -0.05) is 6.92 Å². The molecule has 2 rings (SSSR count). The minimum atomic E-state index is 1.05. The second-order valence-corrected chi connectivity index (χ2v) is 4.40. The van der Waals surface area contributed by atoms with Crippen molar-refractivity contribution in [2.24, 2.45) is 0 Å². The van der Waals surface area contributed by atoms with E-state index in [1.165, 1.54) is 31.7 Å². The Morgan fingerprint density at radius 1 is 1.38 bits per heavy atom. The number of piperazine rings is 1. The van der Waals surface area contributed by atoms with Gasteiger partial charge in [0.25, 0.3) is 0 Å². The second kappa shape index (κ2) is 6.01. The number of H-pyrrole nitrogens is 1. The van der Waals surface area contributed by atoms with Gasteiger partial charge in [-0.15, -0.1) is 0 Å². The standard InChI is InChI=1S/C12H22N4/c1-2-11-10-14-12(15-11)4-3-7-16-8-5-13-6-9-16/h10,13H,2-9H2,1H3,(H,14,15). The number of hydrogen-bond donors (Lipinski definition) is 2. The molecule has 0 amide bonds. The molecule has 1 aromatic rings. The van der Waals surface area contributed by atoms with Gasteiger partial charge in [-0.05, 0) is 19.4 Å². The van der Waals surface area contributed by atoms with Crippen molar-refractivity contribution in [2.45, 2.75) is 26.2 Å². The SMILES string of the molecule is CCc1cnc(CCCN2CCNCC2)[nH]1.